The standard InChI is InChI=1S/C34H43N5O6/c1-23-20-39(24(2)22-40)33(42)28-19-26(35-32(41)13-14-38-15-17-44-18-16-38)11-12-30(28)45-31(23)21-37(3)34(43)36-29-10-6-8-25-7-4-5-9-27(25)29/h4-12,19,23-24,31,40H,13-18,20-22H2,1-3H3,(H,35,41)(H,36,43)/t23-,24+,31+/m0/s1. The van der Waals surface area contributed by atoms with E-state index >= 15 is 0 Å². The number of rotatable bonds is 9. The summed E-state index contributed by atoms with van der Waals surface area (Å²) in [6.07, 6.45) is -0.135. The van der Waals surface area contributed by atoms with Crippen molar-refractivity contribution in [3.8, 4) is 5.75 Å². The van der Waals surface area contributed by atoms with Crippen LogP contribution in [0, 0.1) is 5.92 Å². The number of benzene rings is 3. The summed E-state index contributed by atoms with van der Waals surface area (Å²) in [6, 6.07) is 18.0. The predicted molar refractivity (Wildman–Crippen MR) is 174 cm³/mol. The van der Waals surface area contributed by atoms with E-state index in [0.29, 0.717) is 49.7 Å². The SMILES string of the molecule is C[C@H](CO)N1C[C@H](C)[C@@H](CN(C)C(=O)Nc2cccc3ccccc23)Oc2ccc(NC(=O)CCN3CCOCC3)cc2C1=O. The molecule has 0 unspecified atom stereocenters. The number of carbonyl (C=O) groups excluding carboxylic acids is 3. The maximum absolute atomic E-state index is 13.8. The number of carbonyl (C=O) groups is 3. The lowest BCUT2D eigenvalue weighted by molar-refractivity contribution is -0.116. The van der Waals surface area contributed by atoms with Crippen molar-refractivity contribution in [1.82, 2.24) is 14.7 Å². The Hall–Kier alpha value is -4.19. The van der Waals surface area contributed by atoms with Crippen molar-refractivity contribution in [2.45, 2.75) is 32.4 Å². The molecule has 0 aromatic heterocycles. The average Bonchev–Trinajstić information content (AvgIpc) is 3.05. The number of nitrogens with zero attached hydrogens (tertiary/aromatic N) is 3. The van der Waals surface area contributed by atoms with Gasteiger partial charge in [-0.3, -0.25) is 14.5 Å². The Bertz CT molecular complexity index is 1500. The number of ether oxygens (including phenoxy) is 2. The van der Waals surface area contributed by atoms with E-state index in [2.05, 4.69) is 15.5 Å². The largest absolute Gasteiger partial charge is 0.487 e. The maximum atomic E-state index is 13.8. The number of fused-ring (bicyclic) bond motifs is 2. The Morgan fingerprint density at radius 3 is 2.60 bits per heavy atom. The summed E-state index contributed by atoms with van der Waals surface area (Å²) in [5.41, 5.74) is 1.50. The molecule has 3 aromatic carbocycles. The molecule has 2 heterocycles. The highest BCUT2D eigenvalue weighted by molar-refractivity contribution is 6.02. The van der Waals surface area contributed by atoms with Crippen LogP contribution in [-0.2, 0) is 9.53 Å². The van der Waals surface area contributed by atoms with Gasteiger partial charge in [-0.1, -0.05) is 43.3 Å². The van der Waals surface area contributed by atoms with Crippen LogP contribution in [0.5, 0.6) is 5.75 Å². The van der Waals surface area contributed by atoms with E-state index in [4.69, 9.17) is 9.47 Å². The van der Waals surface area contributed by atoms with Crippen LogP contribution in [0.25, 0.3) is 10.8 Å². The van der Waals surface area contributed by atoms with Gasteiger partial charge < -0.3 is 35.0 Å². The van der Waals surface area contributed by atoms with Crippen LogP contribution in [0.1, 0.15) is 30.6 Å². The summed E-state index contributed by atoms with van der Waals surface area (Å²) in [5, 5.41) is 17.9. The Morgan fingerprint density at radius 1 is 1.07 bits per heavy atom. The lowest BCUT2D eigenvalue weighted by Crippen LogP contribution is -2.50. The molecule has 2 aliphatic heterocycles. The van der Waals surface area contributed by atoms with Crippen LogP contribution >= 0.6 is 0 Å². The van der Waals surface area contributed by atoms with Gasteiger partial charge in [0.2, 0.25) is 5.91 Å². The fourth-order valence-electron chi connectivity index (χ4n) is 5.72. The van der Waals surface area contributed by atoms with Crippen molar-refractivity contribution in [3.63, 3.8) is 0 Å². The second-order valence-corrected chi connectivity index (χ2v) is 11.9. The fourth-order valence-corrected chi connectivity index (χ4v) is 5.72. The number of nitrogens with one attached hydrogen (secondary N) is 2. The molecule has 3 atom stereocenters. The minimum Gasteiger partial charge on any atom is -0.487 e. The van der Waals surface area contributed by atoms with Crippen LogP contribution in [0.3, 0.4) is 0 Å². The molecule has 3 aromatic rings. The van der Waals surface area contributed by atoms with E-state index in [1.165, 1.54) is 0 Å². The number of anilines is 2. The van der Waals surface area contributed by atoms with Gasteiger partial charge in [0, 0.05) is 56.6 Å². The monoisotopic (exact) mass is 617 g/mol. The normalized spacial score (nSPS) is 19.6. The van der Waals surface area contributed by atoms with Gasteiger partial charge >= 0.3 is 6.03 Å². The van der Waals surface area contributed by atoms with Gasteiger partial charge in [-0.05, 0) is 36.6 Å². The number of amides is 4. The Balaban J connectivity index is 1.31. The number of likely N-dealkylation sites (N-methyl/N-ethyl adjacent to an activating group) is 1. The smallest absolute Gasteiger partial charge is 0.321 e. The molecular formula is C34H43N5O6. The topological polar surface area (TPSA) is 124 Å². The van der Waals surface area contributed by atoms with Crippen LogP contribution in [-0.4, -0.2) is 109 Å². The quantitative estimate of drug-likeness (QED) is 0.333. The van der Waals surface area contributed by atoms with Crippen molar-refractivity contribution < 1.29 is 29.0 Å². The van der Waals surface area contributed by atoms with Gasteiger partial charge in [-0.2, -0.15) is 0 Å². The van der Waals surface area contributed by atoms with Crippen molar-refractivity contribution in [1.29, 1.82) is 0 Å². The second kappa shape index (κ2) is 14.7. The molecule has 0 aliphatic carbocycles. The van der Waals surface area contributed by atoms with Gasteiger partial charge in [0.05, 0.1) is 43.7 Å². The third kappa shape index (κ3) is 7.91. The minimum absolute atomic E-state index is 0.147. The zero-order chi connectivity index (χ0) is 31.9. The molecule has 2 aliphatic rings. The molecule has 0 bridgehead atoms. The number of aliphatic hydroxyl groups is 1. The van der Waals surface area contributed by atoms with Crippen molar-refractivity contribution in [2.75, 3.05) is 70.2 Å². The highest BCUT2D eigenvalue weighted by Gasteiger charge is 2.34. The number of aliphatic hydroxyl groups excluding tert-OH is 1. The molecule has 1 saturated heterocycles. The maximum Gasteiger partial charge on any atom is 0.321 e. The van der Waals surface area contributed by atoms with Gasteiger partial charge in [0.15, 0.2) is 0 Å². The first-order chi connectivity index (χ1) is 21.7. The fraction of sp³-hybridized carbons (Fsp3) is 0.441. The van der Waals surface area contributed by atoms with Gasteiger partial charge in [0.1, 0.15) is 11.9 Å². The first kappa shape index (κ1) is 32.2. The van der Waals surface area contributed by atoms with Crippen LogP contribution < -0.4 is 15.4 Å². The Labute approximate surface area is 264 Å². The first-order valence-corrected chi connectivity index (χ1v) is 15.6. The molecule has 4 amide bonds. The molecule has 11 heteroatoms. The van der Waals surface area contributed by atoms with Gasteiger partial charge in [0.25, 0.3) is 5.91 Å². The van der Waals surface area contributed by atoms with E-state index in [9.17, 15) is 19.5 Å². The molecule has 3 N–H and O–H groups in total. The zero-order valence-corrected chi connectivity index (χ0v) is 26.2. The van der Waals surface area contributed by atoms with E-state index in [0.717, 1.165) is 29.5 Å². The molecule has 45 heavy (non-hydrogen) atoms. The Kier molecular flexibility index (Phi) is 10.5. The predicted octanol–water partition coefficient (Wildman–Crippen LogP) is 3.88. The zero-order valence-electron chi connectivity index (χ0n) is 26.2. The molecular weight excluding hydrogens is 574 g/mol. The van der Waals surface area contributed by atoms with Crippen LogP contribution in [0.4, 0.5) is 16.2 Å². The van der Waals surface area contributed by atoms with Crippen LogP contribution in [0.15, 0.2) is 60.7 Å². The molecule has 5 rings (SSSR count). The van der Waals surface area contributed by atoms with Gasteiger partial charge in [-0.25, -0.2) is 4.79 Å². The molecule has 0 spiro atoms. The molecule has 0 saturated carbocycles. The summed E-state index contributed by atoms with van der Waals surface area (Å²) < 4.78 is 11.8. The van der Waals surface area contributed by atoms with E-state index in [1.54, 1.807) is 42.0 Å². The van der Waals surface area contributed by atoms with Crippen molar-refractivity contribution in [3.05, 3.63) is 66.2 Å². The number of hydrogen-bond acceptors (Lipinski definition) is 7. The number of morpholine rings is 1. The van der Waals surface area contributed by atoms with Crippen LogP contribution in [0.2, 0.25) is 0 Å². The van der Waals surface area contributed by atoms with E-state index in [-0.39, 0.29) is 36.9 Å². The third-order valence-electron chi connectivity index (χ3n) is 8.54. The van der Waals surface area contributed by atoms with E-state index in [1.807, 2.05) is 49.4 Å². The summed E-state index contributed by atoms with van der Waals surface area (Å²) in [6.45, 7) is 7.71. The van der Waals surface area contributed by atoms with E-state index < -0.39 is 12.1 Å². The van der Waals surface area contributed by atoms with Crippen molar-refractivity contribution >= 4 is 40.0 Å². The summed E-state index contributed by atoms with van der Waals surface area (Å²) >= 11 is 0. The minimum atomic E-state index is -0.456. The number of urea groups is 1. The molecule has 0 radical (unpaired) electrons. The second-order valence-electron chi connectivity index (χ2n) is 11.9. The molecule has 1 fully saturated rings. The van der Waals surface area contributed by atoms with Gasteiger partial charge in [-0.15, -0.1) is 0 Å². The number of hydrogen-bond donors (Lipinski definition) is 3. The highest BCUT2D eigenvalue weighted by atomic mass is 16.5. The lowest BCUT2D eigenvalue weighted by atomic mass is 9.99. The summed E-state index contributed by atoms with van der Waals surface area (Å²) in [5.74, 6) is -0.237. The Morgan fingerprint density at radius 2 is 1.82 bits per heavy atom. The first-order valence-electron chi connectivity index (χ1n) is 15.6. The summed E-state index contributed by atoms with van der Waals surface area (Å²) in [4.78, 5) is 45.3. The molecule has 240 valence electrons. The average molecular weight is 618 g/mol. The molecule has 11 nitrogen and oxygen atoms in total. The third-order valence-corrected chi connectivity index (χ3v) is 8.54. The summed E-state index contributed by atoms with van der Waals surface area (Å²) in [7, 11) is 1.71. The highest BCUT2D eigenvalue weighted by Crippen LogP contribution is 2.31. The lowest BCUT2D eigenvalue weighted by Gasteiger charge is -2.38. The van der Waals surface area contributed by atoms with Crippen molar-refractivity contribution in [2.24, 2.45) is 5.92 Å².